The number of hydrogen-bond donors (Lipinski definition) is 1. The minimum absolute atomic E-state index is 0.00283. The van der Waals surface area contributed by atoms with Crippen LogP contribution in [0.3, 0.4) is 0 Å². The van der Waals surface area contributed by atoms with Crippen molar-refractivity contribution in [2.24, 2.45) is 0 Å². The topological polar surface area (TPSA) is 24.5 Å². The average Bonchev–Trinajstić information content (AvgIpc) is 2.72. The largest absolute Gasteiger partial charge is 0.485 e. The lowest BCUT2D eigenvalue weighted by atomic mass is 9.96. The summed E-state index contributed by atoms with van der Waals surface area (Å²) in [6.07, 6.45) is 1.14. The zero-order valence-electron chi connectivity index (χ0n) is 10.6. The van der Waals surface area contributed by atoms with Crippen molar-refractivity contribution in [1.29, 1.82) is 0 Å². The Morgan fingerprint density at radius 2 is 2.24 bits per heavy atom. The average molecular weight is 232 g/mol. The van der Waals surface area contributed by atoms with E-state index in [-0.39, 0.29) is 5.60 Å². The van der Waals surface area contributed by atoms with E-state index in [4.69, 9.17) is 4.74 Å². The Kier molecular flexibility index (Phi) is 2.51. The first kappa shape index (κ1) is 10.9. The van der Waals surface area contributed by atoms with Gasteiger partial charge >= 0.3 is 0 Å². The monoisotopic (exact) mass is 232 g/mol. The lowest BCUT2D eigenvalue weighted by Crippen LogP contribution is -2.62. The first-order valence-corrected chi connectivity index (χ1v) is 6.47. The van der Waals surface area contributed by atoms with Crippen molar-refractivity contribution in [3.8, 4) is 5.75 Å². The molecule has 0 atom stereocenters. The quantitative estimate of drug-likeness (QED) is 0.864. The molecular formula is C14H20N2O. The number of anilines is 1. The first-order valence-electron chi connectivity index (χ1n) is 6.47. The van der Waals surface area contributed by atoms with Crippen LogP contribution in [0.4, 0.5) is 5.69 Å². The van der Waals surface area contributed by atoms with Gasteiger partial charge in [-0.2, -0.15) is 0 Å². The molecule has 1 aromatic carbocycles. The van der Waals surface area contributed by atoms with Gasteiger partial charge in [0.1, 0.15) is 11.4 Å². The summed E-state index contributed by atoms with van der Waals surface area (Å²) in [5, 5.41) is 3.39. The smallest absolute Gasteiger partial charge is 0.131 e. The van der Waals surface area contributed by atoms with E-state index in [2.05, 4.69) is 42.3 Å². The van der Waals surface area contributed by atoms with E-state index in [1.807, 2.05) is 0 Å². The number of hydrogen-bond acceptors (Lipinski definition) is 3. The van der Waals surface area contributed by atoms with E-state index >= 15 is 0 Å². The van der Waals surface area contributed by atoms with Gasteiger partial charge in [0.15, 0.2) is 0 Å². The summed E-state index contributed by atoms with van der Waals surface area (Å²) in [5.41, 5.74) is 2.66. The molecule has 1 saturated heterocycles. The third kappa shape index (κ3) is 2.00. The van der Waals surface area contributed by atoms with Gasteiger partial charge < -0.3 is 10.1 Å². The molecule has 0 bridgehead atoms. The van der Waals surface area contributed by atoms with Crippen molar-refractivity contribution in [3.05, 3.63) is 23.8 Å². The van der Waals surface area contributed by atoms with Gasteiger partial charge in [-0.1, -0.05) is 13.0 Å². The second-order valence-corrected chi connectivity index (χ2v) is 5.35. The minimum Gasteiger partial charge on any atom is -0.485 e. The number of nitrogens with zero attached hydrogens (tertiary/aromatic N) is 1. The standard InChI is InChI=1S/C14H20N2O/c1-3-16-9-14(2,10-16)17-12-5-4-11-6-7-15-13(11)8-12/h4-5,8,15H,3,6-7,9-10H2,1-2H3. The molecule has 1 fully saturated rings. The number of nitrogens with one attached hydrogen (secondary N) is 1. The van der Waals surface area contributed by atoms with Crippen molar-refractivity contribution in [1.82, 2.24) is 4.90 Å². The Hall–Kier alpha value is -1.22. The SMILES string of the molecule is CCN1CC(C)(Oc2ccc3c(c2)NCC3)C1. The maximum absolute atomic E-state index is 6.11. The molecular weight excluding hydrogens is 212 g/mol. The summed E-state index contributed by atoms with van der Waals surface area (Å²) in [6.45, 7) is 8.63. The van der Waals surface area contributed by atoms with Gasteiger partial charge in [0.25, 0.3) is 0 Å². The zero-order chi connectivity index (χ0) is 11.9. The van der Waals surface area contributed by atoms with Crippen molar-refractivity contribution in [3.63, 3.8) is 0 Å². The minimum atomic E-state index is 0.00283. The number of ether oxygens (including phenoxy) is 1. The van der Waals surface area contributed by atoms with E-state index < -0.39 is 0 Å². The molecule has 0 saturated carbocycles. The lowest BCUT2D eigenvalue weighted by molar-refractivity contribution is -0.0605. The maximum atomic E-state index is 6.11. The summed E-state index contributed by atoms with van der Waals surface area (Å²) >= 11 is 0. The summed E-state index contributed by atoms with van der Waals surface area (Å²) in [7, 11) is 0. The van der Waals surface area contributed by atoms with Crippen LogP contribution < -0.4 is 10.1 Å². The normalized spacial score (nSPS) is 21.5. The van der Waals surface area contributed by atoms with Crippen LogP contribution in [-0.4, -0.2) is 36.7 Å². The summed E-state index contributed by atoms with van der Waals surface area (Å²) < 4.78 is 6.11. The second-order valence-electron chi connectivity index (χ2n) is 5.35. The Morgan fingerprint density at radius 3 is 3.00 bits per heavy atom. The molecule has 1 N–H and O–H groups in total. The summed E-state index contributed by atoms with van der Waals surface area (Å²) in [5.74, 6) is 0.997. The Labute approximate surface area is 103 Å². The molecule has 0 unspecified atom stereocenters. The fourth-order valence-corrected chi connectivity index (χ4v) is 2.81. The number of rotatable bonds is 3. The van der Waals surface area contributed by atoms with Crippen molar-refractivity contribution >= 4 is 5.69 Å². The highest BCUT2D eigenvalue weighted by atomic mass is 16.5. The van der Waals surface area contributed by atoms with Gasteiger partial charge in [0.05, 0.1) is 0 Å². The highest BCUT2D eigenvalue weighted by molar-refractivity contribution is 5.58. The van der Waals surface area contributed by atoms with Crippen LogP contribution in [0, 0.1) is 0 Å². The van der Waals surface area contributed by atoms with Gasteiger partial charge in [0, 0.05) is 31.4 Å². The van der Waals surface area contributed by atoms with Crippen LogP contribution in [0.25, 0.3) is 0 Å². The molecule has 92 valence electrons. The molecule has 3 heteroatoms. The molecule has 17 heavy (non-hydrogen) atoms. The Bertz CT molecular complexity index is 424. The first-order chi connectivity index (χ1) is 8.18. The third-order valence-corrected chi connectivity index (χ3v) is 3.72. The van der Waals surface area contributed by atoms with Crippen LogP contribution in [0.2, 0.25) is 0 Å². The molecule has 1 aromatic rings. The maximum Gasteiger partial charge on any atom is 0.131 e. The van der Waals surface area contributed by atoms with Crippen LogP contribution in [-0.2, 0) is 6.42 Å². The molecule has 3 rings (SSSR count). The van der Waals surface area contributed by atoms with E-state index in [1.165, 1.54) is 11.3 Å². The molecule has 0 aromatic heterocycles. The molecule has 0 aliphatic carbocycles. The second kappa shape index (κ2) is 3.91. The van der Waals surface area contributed by atoms with Crippen molar-refractivity contribution in [2.75, 3.05) is 31.5 Å². The predicted molar refractivity (Wildman–Crippen MR) is 69.8 cm³/mol. The molecule has 0 spiro atoms. The molecule has 2 heterocycles. The van der Waals surface area contributed by atoms with Crippen LogP contribution in [0.15, 0.2) is 18.2 Å². The van der Waals surface area contributed by atoms with Gasteiger partial charge in [-0.25, -0.2) is 0 Å². The summed E-state index contributed by atoms with van der Waals surface area (Å²) in [6, 6.07) is 6.43. The highest BCUT2D eigenvalue weighted by Crippen LogP contribution is 2.31. The highest BCUT2D eigenvalue weighted by Gasteiger charge is 2.40. The van der Waals surface area contributed by atoms with E-state index in [9.17, 15) is 0 Å². The molecule has 2 aliphatic rings. The Morgan fingerprint density at radius 1 is 1.41 bits per heavy atom. The van der Waals surface area contributed by atoms with E-state index in [0.29, 0.717) is 0 Å². The van der Waals surface area contributed by atoms with E-state index in [0.717, 1.165) is 38.3 Å². The van der Waals surface area contributed by atoms with Gasteiger partial charge in [-0.3, -0.25) is 4.90 Å². The zero-order valence-corrected chi connectivity index (χ0v) is 10.6. The number of benzene rings is 1. The molecule has 0 amide bonds. The van der Waals surface area contributed by atoms with Crippen LogP contribution >= 0.6 is 0 Å². The van der Waals surface area contributed by atoms with Gasteiger partial charge in [0.2, 0.25) is 0 Å². The lowest BCUT2D eigenvalue weighted by Gasteiger charge is -2.47. The molecule has 3 nitrogen and oxygen atoms in total. The van der Waals surface area contributed by atoms with E-state index in [1.54, 1.807) is 0 Å². The van der Waals surface area contributed by atoms with Gasteiger partial charge in [-0.15, -0.1) is 0 Å². The number of likely N-dealkylation sites (tertiary alicyclic amines) is 1. The fraction of sp³-hybridized carbons (Fsp3) is 0.571. The summed E-state index contributed by atoms with van der Waals surface area (Å²) in [4.78, 5) is 2.39. The van der Waals surface area contributed by atoms with Crippen molar-refractivity contribution in [2.45, 2.75) is 25.9 Å². The van der Waals surface area contributed by atoms with Crippen molar-refractivity contribution < 1.29 is 4.74 Å². The molecule has 0 radical (unpaired) electrons. The van der Waals surface area contributed by atoms with Crippen LogP contribution in [0.5, 0.6) is 5.75 Å². The third-order valence-electron chi connectivity index (χ3n) is 3.72. The Balaban J connectivity index is 1.70. The fourth-order valence-electron chi connectivity index (χ4n) is 2.81. The molecule has 2 aliphatic heterocycles. The number of likely N-dealkylation sites (N-methyl/N-ethyl adjacent to an activating group) is 1. The van der Waals surface area contributed by atoms with Gasteiger partial charge in [-0.05, 0) is 31.5 Å². The number of fused-ring (bicyclic) bond motifs is 1. The predicted octanol–water partition coefficient (Wildman–Crippen LogP) is 2.13. The van der Waals surface area contributed by atoms with Crippen LogP contribution in [0.1, 0.15) is 19.4 Å².